The van der Waals surface area contributed by atoms with Crippen LogP contribution in [0.2, 0.25) is 0 Å². The largest absolute Gasteiger partial charge is 0.494 e. The summed E-state index contributed by atoms with van der Waals surface area (Å²) in [4.78, 5) is 0. The van der Waals surface area contributed by atoms with Crippen molar-refractivity contribution in [1.82, 2.24) is 0 Å². The van der Waals surface area contributed by atoms with E-state index in [2.05, 4.69) is 37.5 Å². The molecule has 0 unspecified atom stereocenters. The van der Waals surface area contributed by atoms with Gasteiger partial charge in [0.25, 0.3) is 0 Å². The number of hydrogen-bond acceptors (Lipinski definition) is 1. The highest BCUT2D eigenvalue weighted by Gasteiger charge is 2.19. The van der Waals surface area contributed by atoms with Gasteiger partial charge in [-0.05, 0) is 74.4 Å². The summed E-state index contributed by atoms with van der Waals surface area (Å²) in [6, 6.07) is 8.06. The first-order valence-electron chi connectivity index (χ1n) is 12.7. The lowest BCUT2D eigenvalue weighted by atomic mass is 9.80. The molecule has 168 valence electrons. The fourth-order valence-corrected chi connectivity index (χ4v) is 4.18. The monoisotopic (exact) mass is 418 g/mol. The number of rotatable bonds is 11. The molecule has 1 aromatic carbocycles. The van der Waals surface area contributed by atoms with E-state index in [1.54, 1.807) is 0 Å². The third-order valence-electron chi connectivity index (χ3n) is 6.19. The van der Waals surface area contributed by atoms with Gasteiger partial charge in [0.05, 0.1) is 6.61 Å². The van der Waals surface area contributed by atoms with E-state index < -0.39 is 0 Å². The van der Waals surface area contributed by atoms with Crippen LogP contribution in [-0.2, 0) is 0 Å². The van der Waals surface area contributed by atoms with Crippen molar-refractivity contribution in [3.05, 3.63) is 42.0 Å². The Kier molecular flexibility index (Phi) is 13.4. The van der Waals surface area contributed by atoms with E-state index in [1.807, 2.05) is 36.4 Å². The molecule has 1 aliphatic carbocycles. The highest BCUT2D eigenvalue weighted by Crippen LogP contribution is 2.31. The topological polar surface area (TPSA) is 9.23 Å². The van der Waals surface area contributed by atoms with Crippen molar-refractivity contribution < 1.29 is 4.74 Å². The van der Waals surface area contributed by atoms with E-state index in [0.717, 1.165) is 30.3 Å². The van der Waals surface area contributed by atoms with E-state index >= 15 is 0 Å². The molecule has 2 rings (SSSR count). The number of unbranched alkanes of at least 4 members (excludes halogenated alkanes) is 6. The van der Waals surface area contributed by atoms with Crippen LogP contribution in [0.1, 0.15) is 103 Å². The summed E-state index contributed by atoms with van der Waals surface area (Å²) in [5.74, 6) is 15.4. The van der Waals surface area contributed by atoms with E-state index in [9.17, 15) is 0 Å². The lowest BCUT2D eigenvalue weighted by molar-refractivity contribution is 0.294. The second-order valence-corrected chi connectivity index (χ2v) is 8.89. The van der Waals surface area contributed by atoms with Crippen LogP contribution in [0.5, 0.6) is 5.75 Å². The Morgan fingerprint density at radius 3 is 2.19 bits per heavy atom. The van der Waals surface area contributed by atoms with Gasteiger partial charge < -0.3 is 4.74 Å². The molecule has 1 aliphatic rings. The molecule has 1 heteroatoms. The highest BCUT2D eigenvalue weighted by molar-refractivity contribution is 5.40. The van der Waals surface area contributed by atoms with Gasteiger partial charge in [0.15, 0.2) is 0 Å². The Morgan fingerprint density at radius 2 is 1.48 bits per heavy atom. The minimum absolute atomic E-state index is 0.582. The second kappa shape index (κ2) is 16.6. The van der Waals surface area contributed by atoms with Crippen LogP contribution < -0.4 is 4.74 Å². The van der Waals surface area contributed by atoms with Gasteiger partial charge >= 0.3 is 0 Å². The molecule has 1 aromatic rings. The molecule has 0 amide bonds. The number of allylic oxidation sites excluding steroid dienone is 2. The average Bonchev–Trinajstić information content (AvgIpc) is 2.80. The summed E-state index contributed by atoms with van der Waals surface area (Å²) >= 11 is 0. The molecule has 1 saturated carbocycles. The molecule has 0 N–H and O–H groups in total. The van der Waals surface area contributed by atoms with Crippen molar-refractivity contribution in [1.29, 1.82) is 0 Å². The smallest absolute Gasteiger partial charge is 0.119 e. The zero-order valence-electron chi connectivity index (χ0n) is 19.9. The Bertz CT molecular complexity index is 727. The molecule has 0 heterocycles. The van der Waals surface area contributed by atoms with Gasteiger partial charge in [-0.1, -0.05) is 88.9 Å². The van der Waals surface area contributed by atoms with E-state index in [4.69, 9.17) is 4.74 Å². The van der Waals surface area contributed by atoms with Crippen LogP contribution in [0.3, 0.4) is 0 Å². The predicted molar refractivity (Wildman–Crippen MR) is 134 cm³/mol. The van der Waals surface area contributed by atoms with Crippen molar-refractivity contribution in [2.24, 2.45) is 11.8 Å². The molecule has 0 saturated heterocycles. The summed E-state index contributed by atoms with van der Waals surface area (Å²) in [5.41, 5.74) is 1.01. The molecule has 1 nitrogen and oxygen atoms in total. The van der Waals surface area contributed by atoms with Gasteiger partial charge in [0, 0.05) is 11.5 Å². The van der Waals surface area contributed by atoms with E-state index in [1.165, 1.54) is 77.0 Å². The first-order valence-corrected chi connectivity index (χ1v) is 12.7. The maximum absolute atomic E-state index is 5.78. The summed E-state index contributed by atoms with van der Waals surface area (Å²) < 4.78 is 5.78. The lowest BCUT2D eigenvalue weighted by Gasteiger charge is -2.25. The van der Waals surface area contributed by atoms with Crippen LogP contribution in [-0.4, -0.2) is 6.61 Å². The zero-order chi connectivity index (χ0) is 22.0. The van der Waals surface area contributed by atoms with Gasteiger partial charge in [0.2, 0.25) is 0 Å². The highest BCUT2D eigenvalue weighted by atomic mass is 16.5. The number of benzene rings is 1. The molecule has 1 fully saturated rings. The van der Waals surface area contributed by atoms with Crippen LogP contribution >= 0.6 is 0 Å². The Balaban J connectivity index is 1.63. The van der Waals surface area contributed by atoms with Crippen molar-refractivity contribution in [3.63, 3.8) is 0 Å². The lowest BCUT2D eigenvalue weighted by Crippen LogP contribution is -2.13. The predicted octanol–water partition coefficient (Wildman–Crippen LogP) is 8.33. The van der Waals surface area contributed by atoms with Crippen molar-refractivity contribution >= 4 is 0 Å². The zero-order valence-corrected chi connectivity index (χ0v) is 19.9. The first kappa shape index (κ1) is 25.1. The van der Waals surface area contributed by atoms with Gasteiger partial charge in [-0.15, -0.1) is 0 Å². The number of ether oxygens (including phenoxy) is 1. The molecule has 0 radical (unpaired) electrons. The van der Waals surface area contributed by atoms with Crippen molar-refractivity contribution in [2.75, 3.05) is 6.61 Å². The molecule has 0 aliphatic heterocycles. The molecule has 0 atom stereocenters. The summed E-state index contributed by atoms with van der Waals surface area (Å²) in [5, 5.41) is 0. The normalized spacial score (nSPS) is 18.1. The maximum Gasteiger partial charge on any atom is 0.119 e. The Labute approximate surface area is 192 Å². The summed E-state index contributed by atoms with van der Waals surface area (Å²) in [6.07, 6.45) is 21.0. The molecule has 0 aromatic heterocycles. The van der Waals surface area contributed by atoms with Gasteiger partial charge in [0.1, 0.15) is 5.75 Å². The first-order chi connectivity index (χ1) is 15.3. The third-order valence-corrected chi connectivity index (χ3v) is 6.19. The fraction of sp³-hybridized carbons (Fsp3) is 0.600. The van der Waals surface area contributed by atoms with Gasteiger partial charge in [-0.25, -0.2) is 0 Å². The average molecular weight is 419 g/mol. The van der Waals surface area contributed by atoms with E-state index in [-0.39, 0.29) is 0 Å². The van der Waals surface area contributed by atoms with Crippen LogP contribution in [0.4, 0.5) is 0 Å². The quantitative estimate of drug-likeness (QED) is 0.259. The maximum atomic E-state index is 5.78. The Morgan fingerprint density at radius 1 is 0.806 bits per heavy atom. The van der Waals surface area contributed by atoms with Crippen LogP contribution in [0.25, 0.3) is 0 Å². The summed E-state index contributed by atoms with van der Waals surface area (Å²) in [6.45, 7) is 5.31. The second-order valence-electron chi connectivity index (χ2n) is 8.89. The molecule has 31 heavy (non-hydrogen) atoms. The van der Waals surface area contributed by atoms with E-state index in [0.29, 0.717) is 5.92 Å². The Hall–Kier alpha value is -2.12. The standard InChI is InChI=1S/C30H42O/c1-3-5-7-11-15-27-18-20-28(21-19-27)16-12-9-10-13-17-29-22-24-30(25-23-29)31-26-14-8-6-4-2/h9-10,22-25,27-28H,3-8,11,14-15,18-21,26H2,1-2H3/b10-9+. The fourth-order valence-electron chi connectivity index (χ4n) is 4.18. The SMILES string of the molecule is CCCCCCOc1ccc(C#C/C=C/C#CC2CCC(CCCCCC)CC2)cc1. The molecule has 0 spiro atoms. The van der Waals surface area contributed by atoms with Gasteiger partial charge in [-0.2, -0.15) is 0 Å². The van der Waals surface area contributed by atoms with Crippen molar-refractivity contribution in [2.45, 2.75) is 97.3 Å². The summed E-state index contributed by atoms with van der Waals surface area (Å²) in [7, 11) is 0. The minimum Gasteiger partial charge on any atom is -0.494 e. The van der Waals surface area contributed by atoms with Crippen LogP contribution in [0.15, 0.2) is 36.4 Å². The number of hydrogen-bond donors (Lipinski definition) is 0. The van der Waals surface area contributed by atoms with Crippen molar-refractivity contribution in [3.8, 4) is 29.4 Å². The molecular weight excluding hydrogens is 376 g/mol. The third kappa shape index (κ3) is 11.7. The molecule has 0 bridgehead atoms. The van der Waals surface area contributed by atoms with Crippen LogP contribution in [0, 0.1) is 35.5 Å². The van der Waals surface area contributed by atoms with Gasteiger partial charge in [-0.3, -0.25) is 0 Å². The minimum atomic E-state index is 0.582. The molecular formula is C30H42O.